The average molecular weight is 454 g/mol. The molecule has 0 fully saturated rings. The van der Waals surface area contributed by atoms with E-state index in [1.807, 2.05) is 13.8 Å². The minimum atomic E-state index is -5.09. The second kappa shape index (κ2) is 16.2. The fourth-order valence-electron chi connectivity index (χ4n) is 2.34. The molecule has 0 saturated carbocycles. The summed E-state index contributed by atoms with van der Waals surface area (Å²) in [6.07, 6.45) is 4.31. The predicted molar refractivity (Wildman–Crippen MR) is 104 cm³/mol. The number of phosphoric ester groups is 1. The zero-order chi connectivity index (χ0) is 23.0. The Balaban J connectivity index is 4.77. The Labute approximate surface area is 176 Å². The van der Waals surface area contributed by atoms with Crippen LogP contribution in [-0.2, 0) is 32.9 Å². The van der Waals surface area contributed by atoms with Crippen LogP contribution in [0.3, 0.4) is 0 Å². The first-order valence-corrected chi connectivity index (χ1v) is 11.6. The van der Waals surface area contributed by atoms with Gasteiger partial charge >= 0.3 is 17.9 Å². The maximum atomic E-state index is 12.0. The molecule has 3 N–H and O–H groups in total. The summed E-state index contributed by atoms with van der Waals surface area (Å²) in [4.78, 5) is 54.3. The molecule has 0 radical (unpaired) electrons. The molecule has 12 heteroatoms. The molecule has 0 aromatic heterocycles. The van der Waals surface area contributed by atoms with Gasteiger partial charge in [0, 0.05) is 19.4 Å². The SMILES string of the molecule is CCCCCC(=O)OCC(CN[C@@H](COP(=O)([O-])O)C(=O)O)OC(=O)CCCCC. The van der Waals surface area contributed by atoms with Crippen molar-refractivity contribution in [1.29, 1.82) is 0 Å². The van der Waals surface area contributed by atoms with Crippen molar-refractivity contribution in [1.82, 2.24) is 5.32 Å². The summed E-state index contributed by atoms with van der Waals surface area (Å²) in [5, 5.41) is 11.6. The van der Waals surface area contributed by atoms with Gasteiger partial charge in [-0.1, -0.05) is 39.5 Å². The van der Waals surface area contributed by atoms with E-state index in [4.69, 9.17) is 19.5 Å². The van der Waals surface area contributed by atoms with E-state index in [1.54, 1.807) is 0 Å². The summed E-state index contributed by atoms with van der Waals surface area (Å²) < 4.78 is 25.2. The topological polar surface area (TPSA) is 172 Å². The Bertz CT molecular complexity index is 565. The Morgan fingerprint density at radius 1 is 1.00 bits per heavy atom. The highest BCUT2D eigenvalue weighted by Crippen LogP contribution is 2.30. The maximum Gasteiger partial charge on any atom is 0.323 e. The standard InChI is InChI=1S/C18H34NO10P/c1-3-5-7-9-16(20)27-12-14(29-17(21)10-8-6-4-2)11-19-15(18(22)23)13-28-30(24,25)26/h14-15,19H,3-13H2,1-2H3,(H,22,23)(H2,24,25,26)/p-1/t14?,15-/m0/s1. The lowest BCUT2D eigenvalue weighted by molar-refractivity contribution is -0.220. The summed E-state index contributed by atoms with van der Waals surface area (Å²) in [6, 6.07) is -1.50. The Kier molecular flexibility index (Phi) is 15.4. The van der Waals surface area contributed by atoms with E-state index in [0.717, 1.165) is 25.7 Å². The third-order valence-electron chi connectivity index (χ3n) is 3.99. The molecule has 0 aromatic rings. The Morgan fingerprint density at radius 2 is 1.57 bits per heavy atom. The highest BCUT2D eigenvalue weighted by Gasteiger charge is 2.23. The lowest BCUT2D eigenvalue weighted by atomic mass is 10.2. The van der Waals surface area contributed by atoms with Gasteiger partial charge in [0.2, 0.25) is 0 Å². The van der Waals surface area contributed by atoms with Gasteiger partial charge in [-0.05, 0) is 12.8 Å². The zero-order valence-corrected chi connectivity index (χ0v) is 18.4. The normalized spacial score (nSPS) is 15.1. The van der Waals surface area contributed by atoms with Crippen LogP contribution in [0.5, 0.6) is 0 Å². The van der Waals surface area contributed by atoms with Crippen molar-refractivity contribution in [3.05, 3.63) is 0 Å². The van der Waals surface area contributed by atoms with Crippen LogP contribution in [0, 0.1) is 0 Å². The van der Waals surface area contributed by atoms with Crippen LogP contribution in [-0.4, -0.2) is 59.8 Å². The second-order valence-corrected chi connectivity index (χ2v) is 7.97. The van der Waals surface area contributed by atoms with Crippen molar-refractivity contribution in [3.63, 3.8) is 0 Å². The number of unbranched alkanes of at least 4 members (excludes halogenated alkanes) is 4. The summed E-state index contributed by atoms with van der Waals surface area (Å²) in [7, 11) is -5.09. The summed E-state index contributed by atoms with van der Waals surface area (Å²) in [6.45, 7) is 2.62. The van der Waals surface area contributed by atoms with Gasteiger partial charge in [0.1, 0.15) is 18.8 Å². The molecule has 0 amide bonds. The van der Waals surface area contributed by atoms with E-state index in [0.29, 0.717) is 12.8 Å². The Hall–Kier alpha value is -1.52. The average Bonchev–Trinajstić information content (AvgIpc) is 2.65. The van der Waals surface area contributed by atoms with Gasteiger partial charge in [-0.15, -0.1) is 0 Å². The molecule has 0 aliphatic carbocycles. The highest BCUT2D eigenvalue weighted by atomic mass is 31.2. The van der Waals surface area contributed by atoms with Crippen LogP contribution >= 0.6 is 7.82 Å². The number of nitrogens with one attached hydrogen (secondary N) is 1. The van der Waals surface area contributed by atoms with Gasteiger partial charge in [0.15, 0.2) is 0 Å². The van der Waals surface area contributed by atoms with Gasteiger partial charge in [-0.2, -0.15) is 0 Å². The molecule has 0 aliphatic rings. The molecule has 0 rings (SSSR count). The van der Waals surface area contributed by atoms with Gasteiger partial charge in [-0.3, -0.25) is 24.3 Å². The molecule has 176 valence electrons. The molecule has 3 atom stereocenters. The largest absolute Gasteiger partial charge is 0.756 e. The molecular formula is C18H33NO10P-. The van der Waals surface area contributed by atoms with E-state index in [2.05, 4.69) is 9.84 Å². The Morgan fingerprint density at radius 3 is 2.07 bits per heavy atom. The number of carboxylic acids is 1. The van der Waals surface area contributed by atoms with Crippen molar-refractivity contribution in [2.24, 2.45) is 0 Å². The molecule has 11 nitrogen and oxygen atoms in total. The van der Waals surface area contributed by atoms with Crippen LogP contribution in [0.1, 0.15) is 65.2 Å². The minimum absolute atomic E-state index is 0.171. The van der Waals surface area contributed by atoms with Crippen molar-refractivity contribution >= 4 is 25.7 Å². The van der Waals surface area contributed by atoms with E-state index in [1.165, 1.54) is 0 Å². The van der Waals surface area contributed by atoms with Gasteiger partial charge in [-0.25, -0.2) is 0 Å². The number of hydrogen-bond acceptors (Lipinski definition) is 9. The number of esters is 2. The van der Waals surface area contributed by atoms with Gasteiger partial charge < -0.3 is 28.9 Å². The predicted octanol–water partition coefficient (Wildman–Crippen LogP) is 1.12. The number of carbonyl (C=O) groups excluding carboxylic acids is 2. The fourth-order valence-corrected chi connectivity index (χ4v) is 2.67. The van der Waals surface area contributed by atoms with E-state index in [-0.39, 0.29) is 26.0 Å². The monoisotopic (exact) mass is 454 g/mol. The van der Waals surface area contributed by atoms with Crippen LogP contribution in [0.2, 0.25) is 0 Å². The number of phosphoric acid groups is 1. The second-order valence-electron chi connectivity index (χ2n) is 6.77. The number of carbonyl (C=O) groups is 3. The summed E-state index contributed by atoms with van der Waals surface area (Å²) in [5.74, 6) is -2.41. The first kappa shape index (κ1) is 28.5. The fraction of sp³-hybridized carbons (Fsp3) is 0.833. The third-order valence-corrected chi connectivity index (χ3v) is 4.47. The molecule has 2 unspecified atom stereocenters. The van der Waals surface area contributed by atoms with E-state index < -0.39 is 44.5 Å². The van der Waals surface area contributed by atoms with E-state index in [9.17, 15) is 23.8 Å². The maximum absolute atomic E-state index is 12.0. The molecule has 0 aromatic carbocycles. The number of aliphatic carboxylic acids is 1. The van der Waals surface area contributed by atoms with Crippen LogP contribution in [0.4, 0.5) is 0 Å². The van der Waals surface area contributed by atoms with Crippen molar-refractivity contribution < 1.29 is 47.8 Å². The van der Waals surface area contributed by atoms with E-state index >= 15 is 0 Å². The van der Waals surface area contributed by atoms with Gasteiger partial charge in [0.25, 0.3) is 7.82 Å². The molecule has 0 aliphatic heterocycles. The van der Waals surface area contributed by atoms with Gasteiger partial charge in [0.05, 0.1) is 6.61 Å². The quantitative estimate of drug-likeness (QED) is 0.154. The highest BCUT2D eigenvalue weighted by molar-refractivity contribution is 7.44. The molecule has 0 saturated heterocycles. The lowest BCUT2D eigenvalue weighted by Crippen LogP contribution is -2.46. The third kappa shape index (κ3) is 16.3. The molecule has 0 heterocycles. The van der Waals surface area contributed by atoms with Crippen LogP contribution in [0.15, 0.2) is 0 Å². The lowest BCUT2D eigenvalue weighted by Gasteiger charge is -2.23. The molecular weight excluding hydrogens is 421 g/mol. The first-order chi connectivity index (χ1) is 14.1. The summed E-state index contributed by atoms with van der Waals surface area (Å²) >= 11 is 0. The van der Waals surface area contributed by atoms with Crippen molar-refractivity contribution in [3.8, 4) is 0 Å². The number of ether oxygens (including phenoxy) is 2. The van der Waals surface area contributed by atoms with Crippen molar-refractivity contribution in [2.75, 3.05) is 19.8 Å². The van der Waals surface area contributed by atoms with Crippen LogP contribution in [0.25, 0.3) is 0 Å². The van der Waals surface area contributed by atoms with Crippen molar-refractivity contribution in [2.45, 2.75) is 77.4 Å². The number of rotatable bonds is 18. The number of carboxylic acid groups (broad SMARTS) is 1. The molecule has 0 bridgehead atoms. The first-order valence-electron chi connectivity index (χ1n) is 10.1. The smallest absolute Gasteiger partial charge is 0.323 e. The zero-order valence-electron chi connectivity index (χ0n) is 17.5. The molecule has 30 heavy (non-hydrogen) atoms. The molecule has 0 spiro atoms. The minimum Gasteiger partial charge on any atom is -0.756 e. The van der Waals surface area contributed by atoms with Crippen LogP contribution < -0.4 is 10.2 Å². The number of hydrogen-bond donors (Lipinski definition) is 3. The summed E-state index contributed by atoms with van der Waals surface area (Å²) in [5.41, 5.74) is 0.